The standard InChI is InChI=1S/C48H24N6O2/c1-51-34-18-20-35(33(24-34)28-50)31-16-21-43-39(25-31)40-26-32(36-19-15-29(27-49)23-41(36)52-2)17-22-44(40)53(43)45-14-8-12-38-46(45)48(56)54(47(38)55)42-13-7-6-11-37(42)30-9-4-3-5-10-30/h3-26H. The molecule has 0 unspecified atom stereocenters. The first-order chi connectivity index (χ1) is 27.4. The van der Waals surface area contributed by atoms with E-state index in [1.54, 1.807) is 54.6 Å². The van der Waals surface area contributed by atoms with Crippen LogP contribution >= 0.6 is 0 Å². The molecule has 1 aromatic heterocycles. The van der Waals surface area contributed by atoms with Gasteiger partial charge in [-0.05, 0) is 88.5 Å². The highest BCUT2D eigenvalue weighted by atomic mass is 16.2. The van der Waals surface area contributed by atoms with Crippen molar-refractivity contribution in [2.75, 3.05) is 4.90 Å². The molecule has 0 N–H and O–H groups in total. The van der Waals surface area contributed by atoms with Crippen molar-refractivity contribution >= 4 is 50.7 Å². The minimum absolute atomic E-state index is 0.274. The first-order valence-electron chi connectivity index (χ1n) is 17.5. The summed E-state index contributed by atoms with van der Waals surface area (Å²) >= 11 is 0. The Morgan fingerprint density at radius 2 is 1.18 bits per heavy atom. The molecule has 8 heteroatoms. The van der Waals surface area contributed by atoms with Gasteiger partial charge in [0.1, 0.15) is 0 Å². The number of hydrogen-bond acceptors (Lipinski definition) is 4. The van der Waals surface area contributed by atoms with E-state index in [-0.39, 0.29) is 11.1 Å². The minimum Gasteiger partial charge on any atom is -0.308 e. The Balaban J connectivity index is 1.28. The lowest BCUT2D eigenvalue weighted by atomic mass is 9.97. The Kier molecular flexibility index (Phi) is 7.81. The highest BCUT2D eigenvalue weighted by Crippen LogP contribution is 2.43. The summed E-state index contributed by atoms with van der Waals surface area (Å²) in [5.74, 6) is -0.856. The first kappa shape index (κ1) is 33.3. The van der Waals surface area contributed by atoms with Crippen molar-refractivity contribution in [3.8, 4) is 51.2 Å². The summed E-state index contributed by atoms with van der Waals surface area (Å²) in [4.78, 5) is 37.4. The number of carbonyl (C=O) groups is 2. The van der Waals surface area contributed by atoms with Crippen LogP contribution in [0.25, 0.3) is 70.6 Å². The average molecular weight is 717 g/mol. The van der Waals surface area contributed by atoms with Crippen molar-refractivity contribution in [2.45, 2.75) is 0 Å². The average Bonchev–Trinajstić information content (AvgIpc) is 3.72. The number of anilines is 1. The van der Waals surface area contributed by atoms with Crippen LogP contribution in [0, 0.1) is 35.8 Å². The molecule has 56 heavy (non-hydrogen) atoms. The van der Waals surface area contributed by atoms with Crippen molar-refractivity contribution in [3.05, 3.63) is 191 Å². The van der Waals surface area contributed by atoms with Crippen LogP contribution in [0.4, 0.5) is 17.1 Å². The Hall–Kier alpha value is -8.56. The van der Waals surface area contributed by atoms with Crippen LogP contribution in [0.5, 0.6) is 0 Å². The second kappa shape index (κ2) is 13.1. The number of rotatable bonds is 5. The third kappa shape index (κ3) is 5.12. The summed E-state index contributed by atoms with van der Waals surface area (Å²) in [6.45, 7) is 15.3. The molecule has 1 aliphatic rings. The number of amides is 2. The third-order valence-electron chi connectivity index (χ3n) is 10.3. The van der Waals surface area contributed by atoms with E-state index in [1.165, 1.54) is 4.90 Å². The quantitative estimate of drug-likeness (QED) is 0.131. The fourth-order valence-corrected chi connectivity index (χ4v) is 7.70. The van der Waals surface area contributed by atoms with Crippen LogP contribution in [0.3, 0.4) is 0 Å². The number of nitriles is 2. The molecule has 9 rings (SSSR count). The van der Waals surface area contributed by atoms with Crippen LogP contribution in [-0.2, 0) is 0 Å². The van der Waals surface area contributed by atoms with Gasteiger partial charge in [-0.1, -0.05) is 84.9 Å². The molecule has 0 bridgehead atoms. The summed E-state index contributed by atoms with van der Waals surface area (Å²) in [6, 6.07) is 48.4. The van der Waals surface area contributed by atoms with E-state index in [0.717, 1.165) is 44.1 Å². The predicted octanol–water partition coefficient (Wildman–Crippen LogP) is 11.4. The Morgan fingerprint density at radius 3 is 1.88 bits per heavy atom. The molecule has 0 saturated carbocycles. The molecule has 0 radical (unpaired) electrons. The fraction of sp³-hybridized carbons (Fsp3) is 0. The highest BCUT2D eigenvalue weighted by Gasteiger charge is 2.40. The van der Waals surface area contributed by atoms with Crippen LogP contribution in [0.15, 0.2) is 146 Å². The molecule has 0 aliphatic carbocycles. The second-order valence-electron chi connectivity index (χ2n) is 13.2. The van der Waals surface area contributed by atoms with E-state index in [1.807, 2.05) is 95.6 Å². The van der Waals surface area contributed by atoms with Gasteiger partial charge < -0.3 is 4.57 Å². The van der Waals surface area contributed by atoms with Crippen LogP contribution < -0.4 is 4.90 Å². The monoisotopic (exact) mass is 716 g/mol. The minimum atomic E-state index is -0.440. The molecular formula is C48H24N6O2. The molecule has 8 nitrogen and oxygen atoms in total. The molecule has 2 amide bonds. The van der Waals surface area contributed by atoms with Gasteiger partial charge in [-0.15, -0.1) is 0 Å². The number of nitrogens with zero attached hydrogens (tertiary/aromatic N) is 6. The van der Waals surface area contributed by atoms with Gasteiger partial charge in [0.05, 0.1) is 58.8 Å². The lowest BCUT2D eigenvalue weighted by Crippen LogP contribution is -2.30. The Labute approximate surface area is 321 Å². The van der Waals surface area contributed by atoms with Crippen molar-refractivity contribution < 1.29 is 9.59 Å². The van der Waals surface area contributed by atoms with Crippen LogP contribution in [0.1, 0.15) is 31.8 Å². The van der Waals surface area contributed by atoms with Gasteiger partial charge in [0.15, 0.2) is 11.4 Å². The number of para-hydroxylation sites is 1. The van der Waals surface area contributed by atoms with Crippen molar-refractivity contribution in [2.24, 2.45) is 0 Å². The predicted molar refractivity (Wildman–Crippen MR) is 217 cm³/mol. The van der Waals surface area contributed by atoms with E-state index in [9.17, 15) is 20.1 Å². The zero-order valence-corrected chi connectivity index (χ0v) is 29.4. The SMILES string of the molecule is [C-]#[N+]c1ccc(-c2ccc3c(c2)c2cc(-c4ccc(C#N)cc4[N+]#[C-])ccc2n3-c2cccc3c2C(=O)N(c2ccccc2-c2ccccc2)C3=O)c(C#N)c1. The van der Waals surface area contributed by atoms with Gasteiger partial charge in [-0.2, -0.15) is 10.5 Å². The van der Waals surface area contributed by atoms with Gasteiger partial charge in [-0.25, -0.2) is 14.6 Å². The van der Waals surface area contributed by atoms with Gasteiger partial charge in [0.2, 0.25) is 0 Å². The number of fused-ring (bicyclic) bond motifs is 4. The van der Waals surface area contributed by atoms with Crippen LogP contribution in [0.2, 0.25) is 0 Å². The van der Waals surface area contributed by atoms with E-state index in [0.29, 0.717) is 45.0 Å². The van der Waals surface area contributed by atoms with Crippen molar-refractivity contribution in [1.82, 2.24) is 4.57 Å². The van der Waals surface area contributed by atoms with E-state index < -0.39 is 11.8 Å². The Morgan fingerprint density at radius 1 is 0.518 bits per heavy atom. The molecule has 0 saturated heterocycles. The van der Waals surface area contributed by atoms with Gasteiger partial charge in [0.25, 0.3) is 11.8 Å². The zero-order valence-electron chi connectivity index (χ0n) is 29.4. The molecule has 2 heterocycles. The summed E-state index contributed by atoms with van der Waals surface area (Å²) in [7, 11) is 0. The molecule has 0 spiro atoms. The summed E-state index contributed by atoms with van der Waals surface area (Å²) < 4.78 is 1.98. The summed E-state index contributed by atoms with van der Waals surface area (Å²) in [6.07, 6.45) is 0. The molecule has 0 fully saturated rings. The fourth-order valence-electron chi connectivity index (χ4n) is 7.70. The maximum Gasteiger partial charge on any atom is 0.268 e. The van der Waals surface area contributed by atoms with E-state index in [4.69, 9.17) is 13.1 Å². The van der Waals surface area contributed by atoms with Crippen LogP contribution in [-0.4, -0.2) is 16.4 Å². The molecule has 7 aromatic carbocycles. The molecule has 258 valence electrons. The maximum atomic E-state index is 14.7. The third-order valence-corrected chi connectivity index (χ3v) is 10.3. The summed E-state index contributed by atoms with van der Waals surface area (Å²) in [5.41, 5.74) is 8.99. The van der Waals surface area contributed by atoms with Crippen molar-refractivity contribution in [1.29, 1.82) is 10.5 Å². The van der Waals surface area contributed by atoms with E-state index >= 15 is 0 Å². The lowest BCUT2D eigenvalue weighted by Gasteiger charge is -2.18. The second-order valence-corrected chi connectivity index (χ2v) is 13.2. The molecule has 1 aliphatic heterocycles. The number of carbonyl (C=O) groups excluding carboxylic acids is 2. The van der Waals surface area contributed by atoms with Crippen molar-refractivity contribution in [3.63, 3.8) is 0 Å². The van der Waals surface area contributed by atoms with Gasteiger partial charge in [-0.3, -0.25) is 9.59 Å². The zero-order chi connectivity index (χ0) is 38.5. The molecular weight excluding hydrogens is 693 g/mol. The smallest absolute Gasteiger partial charge is 0.268 e. The number of hydrogen-bond donors (Lipinski definition) is 0. The van der Waals surface area contributed by atoms with Gasteiger partial charge in [0, 0.05) is 27.5 Å². The number of imide groups is 1. The number of aromatic nitrogens is 1. The van der Waals surface area contributed by atoms with E-state index in [2.05, 4.69) is 21.8 Å². The Bertz CT molecular complexity index is 3050. The molecule has 8 aromatic rings. The summed E-state index contributed by atoms with van der Waals surface area (Å²) in [5, 5.41) is 21.1. The largest absolute Gasteiger partial charge is 0.308 e. The maximum absolute atomic E-state index is 14.7. The normalized spacial score (nSPS) is 11.9. The highest BCUT2D eigenvalue weighted by molar-refractivity contribution is 6.36. The molecule has 0 atom stereocenters. The van der Waals surface area contributed by atoms with Gasteiger partial charge >= 0.3 is 0 Å². The topological polar surface area (TPSA) is 98.6 Å². The number of benzene rings is 7. The first-order valence-corrected chi connectivity index (χ1v) is 17.5. The lowest BCUT2D eigenvalue weighted by molar-refractivity contribution is 0.0926.